The van der Waals surface area contributed by atoms with Crippen LogP contribution in [0.15, 0.2) is 24.3 Å². The van der Waals surface area contributed by atoms with Crippen LogP contribution in [0.5, 0.6) is 5.75 Å². The molecule has 2 rings (SSSR count). The fourth-order valence-electron chi connectivity index (χ4n) is 7.56. The average Bonchev–Trinajstić information content (AvgIpc) is 3.31. The predicted octanol–water partition coefficient (Wildman–Crippen LogP) is -4.48. The van der Waals surface area contributed by atoms with Crippen molar-refractivity contribution in [3.05, 3.63) is 29.8 Å². The van der Waals surface area contributed by atoms with E-state index in [2.05, 4.69) is 49.5 Å². The number of rotatable bonds is 22. The molecule has 1 unspecified atom stereocenters. The average molecular weight is 1020 g/mol. The van der Waals surface area contributed by atoms with E-state index in [-0.39, 0.29) is 17.7 Å². The molecule has 0 saturated carbocycles. The first-order valence-corrected chi connectivity index (χ1v) is 24.0. The van der Waals surface area contributed by atoms with Gasteiger partial charge < -0.3 is 80.2 Å². The molecule has 0 spiro atoms. The molecule has 11 amide bonds. The maximum absolute atomic E-state index is 14.0. The Kier molecular flexibility index (Phi) is 27.3. The molecule has 1 aliphatic rings. The van der Waals surface area contributed by atoms with Crippen LogP contribution in [0.25, 0.3) is 0 Å². The van der Waals surface area contributed by atoms with E-state index < -0.39 is 171 Å². The Morgan fingerprint density at radius 3 is 1.47 bits per heavy atom. The molecule has 18 N–H and O–H groups in total. The number of phenolic OH excluding ortho intramolecular Hbond substituents is 1. The zero-order chi connectivity index (χ0) is 53.9. The SMILES string of the molecule is CCCCCCCCCCCC1CC(=O)N[C@@H](CO)C(=O)N[C@@H](CCC(N)=O)C(=O)N[C@@H](CC(N)=O)C(=O)N[C@H](Cc2ccc(O)cc2)C(=O)N[C@@H](CC(N)=O)C(=O)N[C@H](CO)C(=O)N[C@@H]([C@@H](C)O)C(=O)N1. The van der Waals surface area contributed by atoms with E-state index in [4.69, 9.17) is 17.2 Å². The topological polar surface area (TPSA) is 443 Å². The summed E-state index contributed by atoms with van der Waals surface area (Å²) in [6, 6.07) is -8.51. The number of aliphatic hydroxyl groups is 3. The van der Waals surface area contributed by atoms with Gasteiger partial charge in [-0.2, -0.15) is 0 Å². The van der Waals surface area contributed by atoms with Gasteiger partial charge in [0.05, 0.1) is 32.2 Å². The van der Waals surface area contributed by atoms with Crippen molar-refractivity contribution in [3.8, 4) is 5.75 Å². The van der Waals surface area contributed by atoms with Gasteiger partial charge in [-0.1, -0.05) is 76.8 Å². The summed E-state index contributed by atoms with van der Waals surface area (Å²) in [6.07, 6.45) is 3.20. The smallest absolute Gasteiger partial charge is 0.245 e. The minimum absolute atomic E-state index is 0.180. The Morgan fingerprint density at radius 2 is 0.972 bits per heavy atom. The first kappa shape index (κ1) is 61.2. The number of amides is 11. The first-order chi connectivity index (χ1) is 34.1. The van der Waals surface area contributed by atoms with Crippen molar-refractivity contribution >= 4 is 65.0 Å². The normalized spacial score (nSPS) is 24.0. The van der Waals surface area contributed by atoms with E-state index in [1.54, 1.807) is 0 Å². The second-order valence-electron chi connectivity index (χ2n) is 17.8. The number of primary amides is 3. The highest BCUT2D eigenvalue weighted by atomic mass is 16.3. The van der Waals surface area contributed by atoms with Crippen molar-refractivity contribution in [2.24, 2.45) is 17.2 Å². The number of hydrogen-bond donors (Lipinski definition) is 15. The minimum atomic E-state index is -1.91. The summed E-state index contributed by atoms with van der Waals surface area (Å²) in [6.45, 7) is 1.11. The Labute approximate surface area is 416 Å². The monoisotopic (exact) mass is 1020 g/mol. The second-order valence-corrected chi connectivity index (χ2v) is 17.8. The Hall–Kier alpha value is -6.93. The van der Waals surface area contributed by atoms with E-state index >= 15 is 0 Å². The van der Waals surface area contributed by atoms with Crippen LogP contribution in [0.1, 0.15) is 116 Å². The van der Waals surface area contributed by atoms with Gasteiger partial charge >= 0.3 is 0 Å². The van der Waals surface area contributed by atoms with Gasteiger partial charge in [0.1, 0.15) is 48.0 Å². The standard InChI is InChI=1S/C46H73N11O15/c1-3-4-5-6-7-8-9-10-11-12-27-20-38(65)51-33(23-58)44(70)52-29(17-18-35(47)62)40(66)54-31(21-36(48)63)42(68)53-30(19-26-13-15-28(61)16-14-26)41(67)55-32(22-37(49)64)43(69)56-34(24-59)45(71)57-39(25(2)60)46(72)50-27/h13-16,25,27,29-34,39,58-61H,3-12,17-24H2,1-2H3,(H2,47,62)(H2,48,63)(H2,49,64)(H,50,72)(H,51,65)(H,52,70)(H,53,68)(H,54,66)(H,55,67)(H,56,69)(H,57,71)/t25-,27?,29+,30-,31+,32+,33+,34-,39+/m1/s1. The van der Waals surface area contributed by atoms with Crippen molar-refractivity contribution < 1.29 is 73.2 Å². The Balaban J connectivity index is 2.69. The minimum Gasteiger partial charge on any atom is -0.508 e. The molecule has 72 heavy (non-hydrogen) atoms. The van der Waals surface area contributed by atoms with E-state index in [9.17, 15) is 73.2 Å². The number of benzene rings is 1. The van der Waals surface area contributed by atoms with Crippen molar-refractivity contribution in [1.29, 1.82) is 0 Å². The van der Waals surface area contributed by atoms with Crippen LogP contribution < -0.4 is 59.7 Å². The molecule has 0 bridgehead atoms. The molecule has 0 aromatic heterocycles. The number of aliphatic hydroxyl groups excluding tert-OH is 3. The molecule has 1 aromatic rings. The number of phenols is 1. The molecule has 9 atom stereocenters. The summed E-state index contributed by atoms with van der Waals surface area (Å²) >= 11 is 0. The molecule has 26 heteroatoms. The highest BCUT2D eigenvalue weighted by Crippen LogP contribution is 2.15. The number of nitrogens with one attached hydrogen (secondary N) is 8. The fourth-order valence-corrected chi connectivity index (χ4v) is 7.56. The summed E-state index contributed by atoms with van der Waals surface area (Å²) in [5.74, 6) is -12.6. The quantitative estimate of drug-likeness (QED) is 0.0487. The molecule has 1 saturated heterocycles. The zero-order valence-corrected chi connectivity index (χ0v) is 40.7. The van der Waals surface area contributed by atoms with Crippen LogP contribution in [-0.2, 0) is 59.2 Å². The molecule has 26 nitrogen and oxygen atoms in total. The number of nitrogens with two attached hydrogens (primary N) is 3. The van der Waals surface area contributed by atoms with Gasteiger partial charge in [-0.3, -0.25) is 52.7 Å². The van der Waals surface area contributed by atoms with E-state index in [0.29, 0.717) is 12.8 Å². The van der Waals surface area contributed by atoms with E-state index in [1.807, 2.05) is 0 Å². The van der Waals surface area contributed by atoms with Gasteiger partial charge in [0, 0.05) is 25.3 Å². The van der Waals surface area contributed by atoms with Crippen molar-refractivity contribution in [3.63, 3.8) is 0 Å². The zero-order valence-electron chi connectivity index (χ0n) is 40.7. The summed E-state index contributed by atoms with van der Waals surface area (Å²) in [4.78, 5) is 146. The van der Waals surface area contributed by atoms with Gasteiger partial charge in [0.25, 0.3) is 0 Å². The maximum Gasteiger partial charge on any atom is 0.245 e. The number of hydrogen-bond acceptors (Lipinski definition) is 15. The fraction of sp³-hybridized carbons (Fsp3) is 0.630. The largest absolute Gasteiger partial charge is 0.508 e. The molecule has 1 fully saturated rings. The van der Waals surface area contributed by atoms with Crippen molar-refractivity contribution in [1.82, 2.24) is 42.5 Å². The van der Waals surface area contributed by atoms with Crippen LogP contribution >= 0.6 is 0 Å². The van der Waals surface area contributed by atoms with Crippen molar-refractivity contribution in [2.45, 2.75) is 171 Å². The molecule has 1 aromatic carbocycles. The highest BCUT2D eigenvalue weighted by Gasteiger charge is 2.36. The molecular weight excluding hydrogens is 947 g/mol. The molecule has 402 valence electrons. The highest BCUT2D eigenvalue weighted by molar-refractivity contribution is 6.00. The van der Waals surface area contributed by atoms with Gasteiger partial charge in [-0.15, -0.1) is 0 Å². The van der Waals surface area contributed by atoms with Crippen molar-refractivity contribution in [2.75, 3.05) is 13.2 Å². The van der Waals surface area contributed by atoms with Gasteiger partial charge in [0.2, 0.25) is 65.0 Å². The van der Waals surface area contributed by atoms with Crippen LogP contribution in [0.4, 0.5) is 0 Å². The van der Waals surface area contributed by atoms with Crippen LogP contribution in [-0.4, -0.2) is 153 Å². The van der Waals surface area contributed by atoms with Crippen LogP contribution in [0, 0.1) is 0 Å². The molecule has 1 aliphatic heterocycles. The summed E-state index contributed by atoms with van der Waals surface area (Å²) in [5.41, 5.74) is 16.4. The number of carbonyl (C=O) groups is 11. The number of carbonyl (C=O) groups excluding carboxylic acids is 11. The predicted molar refractivity (Wildman–Crippen MR) is 256 cm³/mol. The summed E-state index contributed by atoms with van der Waals surface area (Å²) < 4.78 is 0. The lowest BCUT2D eigenvalue weighted by atomic mass is 10.0. The third-order valence-corrected chi connectivity index (χ3v) is 11.5. The lowest BCUT2D eigenvalue weighted by Gasteiger charge is -2.28. The van der Waals surface area contributed by atoms with E-state index in [0.717, 1.165) is 51.9 Å². The Bertz CT molecular complexity index is 2020. The second kappa shape index (κ2) is 32.1. The molecular formula is C46H73N11O15. The van der Waals surface area contributed by atoms with Crippen LogP contribution in [0.2, 0.25) is 0 Å². The molecule has 0 radical (unpaired) electrons. The van der Waals surface area contributed by atoms with Gasteiger partial charge in [-0.05, 0) is 37.5 Å². The third-order valence-electron chi connectivity index (χ3n) is 11.5. The molecule has 1 heterocycles. The molecule has 0 aliphatic carbocycles. The van der Waals surface area contributed by atoms with Gasteiger partial charge in [0.15, 0.2) is 0 Å². The Morgan fingerprint density at radius 1 is 0.542 bits per heavy atom. The van der Waals surface area contributed by atoms with Gasteiger partial charge in [-0.25, -0.2) is 0 Å². The summed E-state index contributed by atoms with van der Waals surface area (Å²) in [7, 11) is 0. The third kappa shape index (κ3) is 22.9. The summed E-state index contributed by atoms with van der Waals surface area (Å²) in [5, 5.41) is 59.5. The number of aromatic hydroxyl groups is 1. The van der Waals surface area contributed by atoms with Crippen LogP contribution in [0.3, 0.4) is 0 Å². The van der Waals surface area contributed by atoms with E-state index in [1.165, 1.54) is 24.3 Å². The number of unbranched alkanes of at least 4 members (excludes halogenated alkanes) is 8. The maximum atomic E-state index is 14.0. The first-order valence-electron chi connectivity index (χ1n) is 24.0. The lowest BCUT2D eigenvalue weighted by molar-refractivity contribution is -0.137. The lowest BCUT2D eigenvalue weighted by Crippen LogP contribution is -2.62.